The number of rotatable bonds is 0. The molecule has 17 heavy (non-hydrogen) atoms. The molecule has 0 aliphatic carbocycles. The molecule has 1 aromatic carbocycles. The number of thioether (sulfide) groups is 1. The van der Waals surface area contributed by atoms with Crippen LogP contribution in [0.3, 0.4) is 0 Å². The summed E-state index contributed by atoms with van der Waals surface area (Å²) in [6.45, 7) is 4.28. The first-order chi connectivity index (χ1) is 8.08. The van der Waals surface area contributed by atoms with Crippen LogP contribution in [0.25, 0.3) is 0 Å². The lowest BCUT2D eigenvalue weighted by Crippen LogP contribution is -2.41. The Hall–Kier alpha value is -0.670. The molecule has 2 nitrogen and oxygen atoms in total. The second kappa shape index (κ2) is 3.92. The molecule has 3 heteroatoms. The summed E-state index contributed by atoms with van der Waals surface area (Å²) in [5.74, 6) is 1.88. The molecule has 2 heterocycles. The molecular weight excluding hydrogens is 232 g/mol. The van der Waals surface area contributed by atoms with Crippen molar-refractivity contribution in [2.75, 3.05) is 5.75 Å². The van der Waals surface area contributed by atoms with E-state index in [2.05, 4.69) is 13.0 Å². The maximum atomic E-state index is 10.3. The molecule has 1 aromatic rings. The molecule has 3 unspecified atom stereocenters. The molecule has 2 aliphatic rings. The van der Waals surface area contributed by atoms with E-state index in [0.717, 1.165) is 29.9 Å². The first kappa shape index (κ1) is 11.4. The van der Waals surface area contributed by atoms with Crippen LogP contribution in [-0.2, 0) is 0 Å². The standard InChI is InChI=1S/C14H18O2S/c1-9-3-4-13-11(5-9)12(15)7-14(16-13)6-10(2)17-8-14/h3-5,10,12,15H,6-8H2,1-2H3. The highest BCUT2D eigenvalue weighted by molar-refractivity contribution is 8.00. The second-order valence-corrected chi connectivity index (χ2v) is 6.80. The molecule has 0 aromatic heterocycles. The summed E-state index contributed by atoms with van der Waals surface area (Å²) in [5.41, 5.74) is 2.00. The highest BCUT2D eigenvalue weighted by Crippen LogP contribution is 2.48. The summed E-state index contributed by atoms with van der Waals surface area (Å²) in [4.78, 5) is 0. The van der Waals surface area contributed by atoms with E-state index in [0.29, 0.717) is 5.25 Å². The summed E-state index contributed by atoms with van der Waals surface area (Å²) in [6, 6.07) is 6.09. The Labute approximate surface area is 106 Å². The zero-order valence-electron chi connectivity index (χ0n) is 10.3. The number of hydrogen-bond donors (Lipinski definition) is 1. The predicted molar refractivity (Wildman–Crippen MR) is 70.7 cm³/mol. The van der Waals surface area contributed by atoms with Gasteiger partial charge >= 0.3 is 0 Å². The molecule has 1 N–H and O–H groups in total. The quantitative estimate of drug-likeness (QED) is 0.767. The van der Waals surface area contributed by atoms with Gasteiger partial charge in [0.15, 0.2) is 0 Å². The van der Waals surface area contributed by atoms with Gasteiger partial charge in [-0.05, 0) is 25.5 Å². The van der Waals surface area contributed by atoms with Crippen molar-refractivity contribution < 1.29 is 9.84 Å². The fraction of sp³-hybridized carbons (Fsp3) is 0.571. The molecule has 92 valence electrons. The Morgan fingerprint density at radius 2 is 2.24 bits per heavy atom. The number of ether oxygens (including phenoxy) is 1. The van der Waals surface area contributed by atoms with E-state index in [1.54, 1.807) is 0 Å². The number of aliphatic hydroxyl groups is 1. The van der Waals surface area contributed by atoms with Crippen molar-refractivity contribution in [3.63, 3.8) is 0 Å². The van der Waals surface area contributed by atoms with Crippen molar-refractivity contribution in [3.8, 4) is 5.75 Å². The Morgan fingerprint density at radius 1 is 1.41 bits per heavy atom. The van der Waals surface area contributed by atoms with Crippen molar-refractivity contribution in [1.29, 1.82) is 0 Å². The van der Waals surface area contributed by atoms with Gasteiger partial charge in [0.2, 0.25) is 0 Å². The Bertz CT molecular complexity index is 446. The van der Waals surface area contributed by atoms with Gasteiger partial charge in [-0.1, -0.05) is 18.6 Å². The topological polar surface area (TPSA) is 29.5 Å². The lowest BCUT2D eigenvalue weighted by atomic mass is 9.86. The minimum absolute atomic E-state index is 0.133. The highest BCUT2D eigenvalue weighted by Gasteiger charge is 2.45. The second-order valence-electron chi connectivity index (χ2n) is 5.37. The fourth-order valence-electron chi connectivity index (χ4n) is 2.91. The van der Waals surface area contributed by atoms with Gasteiger partial charge in [-0.2, -0.15) is 11.8 Å². The summed E-state index contributed by atoms with van der Waals surface area (Å²) in [7, 11) is 0. The van der Waals surface area contributed by atoms with Gasteiger partial charge < -0.3 is 9.84 Å². The van der Waals surface area contributed by atoms with Gasteiger partial charge in [0.05, 0.1) is 6.10 Å². The van der Waals surface area contributed by atoms with Gasteiger partial charge in [-0.15, -0.1) is 0 Å². The minimum Gasteiger partial charge on any atom is -0.486 e. The van der Waals surface area contributed by atoms with Crippen molar-refractivity contribution in [1.82, 2.24) is 0 Å². The van der Waals surface area contributed by atoms with Crippen LogP contribution in [0, 0.1) is 6.92 Å². The van der Waals surface area contributed by atoms with E-state index in [1.165, 1.54) is 5.56 Å². The van der Waals surface area contributed by atoms with Crippen molar-refractivity contribution in [2.24, 2.45) is 0 Å². The molecule has 2 aliphatic heterocycles. The van der Waals surface area contributed by atoms with Crippen LogP contribution in [0.15, 0.2) is 18.2 Å². The fourth-order valence-corrected chi connectivity index (χ4v) is 4.21. The van der Waals surface area contributed by atoms with Gasteiger partial charge in [0.1, 0.15) is 11.4 Å². The van der Waals surface area contributed by atoms with Crippen LogP contribution in [-0.4, -0.2) is 21.7 Å². The lowest BCUT2D eigenvalue weighted by molar-refractivity contribution is 0.00147. The normalized spacial score (nSPS) is 35.7. The van der Waals surface area contributed by atoms with E-state index in [1.807, 2.05) is 30.8 Å². The van der Waals surface area contributed by atoms with E-state index >= 15 is 0 Å². The SMILES string of the molecule is Cc1ccc2c(c1)C(O)CC1(CSC(C)C1)O2. The first-order valence-electron chi connectivity index (χ1n) is 6.17. The molecular formula is C14H18O2S. The number of fused-ring (bicyclic) bond motifs is 1. The molecule has 3 atom stereocenters. The van der Waals surface area contributed by atoms with Crippen molar-refractivity contribution in [2.45, 2.75) is 43.6 Å². The number of aryl methyl sites for hydroxylation is 1. The van der Waals surface area contributed by atoms with Crippen molar-refractivity contribution >= 4 is 11.8 Å². The molecule has 3 rings (SSSR count). The number of benzene rings is 1. The largest absolute Gasteiger partial charge is 0.486 e. The van der Waals surface area contributed by atoms with E-state index in [-0.39, 0.29) is 11.7 Å². The van der Waals surface area contributed by atoms with Crippen LogP contribution < -0.4 is 4.74 Å². The Kier molecular flexibility index (Phi) is 2.64. The third-order valence-electron chi connectivity index (χ3n) is 3.71. The molecule has 0 amide bonds. The van der Waals surface area contributed by atoms with Crippen molar-refractivity contribution in [3.05, 3.63) is 29.3 Å². The predicted octanol–water partition coefficient (Wildman–Crippen LogP) is 3.08. The summed E-state index contributed by atoms with van der Waals surface area (Å²) >= 11 is 1.95. The van der Waals surface area contributed by atoms with Gasteiger partial charge in [-0.25, -0.2) is 0 Å². The summed E-state index contributed by atoms with van der Waals surface area (Å²) in [6.07, 6.45) is 1.41. The molecule has 1 spiro atoms. The van der Waals surface area contributed by atoms with E-state index < -0.39 is 0 Å². The molecule has 0 radical (unpaired) electrons. The van der Waals surface area contributed by atoms with Crippen LogP contribution in [0.2, 0.25) is 0 Å². The molecule has 0 saturated carbocycles. The van der Waals surface area contributed by atoms with Gasteiger partial charge in [0.25, 0.3) is 0 Å². The van der Waals surface area contributed by atoms with Crippen LogP contribution >= 0.6 is 11.8 Å². The third-order valence-corrected chi connectivity index (χ3v) is 5.13. The lowest BCUT2D eigenvalue weighted by Gasteiger charge is -2.38. The summed E-state index contributed by atoms with van der Waals surface area (Å²) < 4.78 is 6.20. The van der Waals surface area contributed by atoms with E-state index in [4.69, 9.17) is 4.74 Å². The Morgan fingerprint density at radius 3 is 2.94 bits per heavy atom. The molecule has 0 bridgehead atoms. The van der Waals surface area contributed by atoms with Gasteiger partial charge in [-0.3, -0.25) is 0 Å². The van der Waals surface area contributed by atoms with Gasteiger partial charge in [0, 0.05) is 23.0 Å². The number of hydrogen-bond acceptors (Lipinski definition) is 3. The Balaban J connectivity index is 1.96. The first-order valence-corrected chi connectivity index (χ1v) is 7.22. The highest BCUT2D eigenvalue weighted by atomic mass is 32.2. The maximum Gasteiger partial charge on any atom is 0.126 e. The van der Waals surface area contributed by atoms with Crippen LogP contribution in [0.1, 0.15) is 37.0 Å². The maximum absolute atomic E-state index is 10.3. The monoisotopic (exact) mass is 250 g/mol. The van der Waals surface area contributed by atoms with E-state index in [9.17, 15) is 5.11 Å². The zero-order chi connectivity index (χ0) is 12.0. The van der Waals surface area contributed by atoms with Crippen LogP contribution in [0.4, 0.5) is 0 Å². The number of aliphatic hydroxyl groups excluding tert-OH is 1. The molecule has 1 saturated heterocycles. The summed E-state index contributed by atoms with van der Waals surface area (Å²) in [5, 5.41) is 10.9. The average Bonchev–Trinajstić information content (AvgIpc) is 2.61. The molecule has 1 fully saturated rings. The minimum atomic E-state index is -0.371. The third kappa shape index (κ3) is 1.95. The average molecular weight is 250 g/mol. The zero-order valence-corrected chi connectivity index (χ0v) is 11.1. The smallest absolute Gasteiger partial charge is 0.126 e. The van der Waals surface area contributed by atoms with Crippen LogP contribution in [0.5, 0.6) is 5.75 Å².